The van der Waals surface area contributed by atoms with E-state index in [4.69, 9.17) is 0 Å². The maximum atomic E-state index is 9.90. The molecular weight excluding hydrogens is 336 g/mol. The molecule has 5 nitrogen and oxygen atoms in total. The zero-order chi connectivity index (χ0) is 13.9. The molecule has 2 aliphatic heterocycles. The molecule has 0 atom stereocenters. The summed E-state index contributed by atoms with van der Waals surface area (Å²) in [5, 5.41) is 7.65. The van der Waals surface area contributed by atoms with E-state index in [9.17, 15) is 4.79 Å². The SMILES string of the molecule is [Cu+2].[OH+]=C1Nc2ccccc2C1=N[N-]C(=[SH+])N1CCCCC1. The number of amides is 1. The second-order valence-corrected chi connectivity index (χ2v) is 5.32. The minimum Gasteiger partial charge on any atom is -0.514 e. The summed E-state index contributed by atoms with van der Waals surface area (Å²) < 4.78 is 0. The van der Waals surface area contributed by atoms with Crippen molar-refractivity contribution in [1.82, 2.24) is 4.90 Å². The minimum atomic E-state index is 0. The van der Waals surface area contributed by atoms with Crippen molar-refractivity contribution in [2.24, 2.45) is 5.10 Å². The molecule has 0 spiro atoms. The van der Waals surface area contributed by atoms with Crippen molar-refractivity contribution in [3.8, 4) is 0 Å². The molecule has 0 aromatic heterocycles. The Balaban J connectivity index is 0.00000161. The molecule has 1 amide bonds. The third-order valence-corrected chi connectivity index (χ3v) is 3.91. The molecule has 0 bridgehead atoms. The number of para-hydroxylation sites is 1. The van der Waals surface area contributed by atoms with E-state index in [2.05, 4.69) is 33.0 Å². The fraction of sp³-hybridized carbons (Fsp3) is 0.357. The van der Waals surface area contributed by atoms with Crippen molar-refractivity contribution in [3.05, 3.63) is 35.3 Å². The zero-order valence-electron chi connectivity index (χ0n) is 11.4. The summed E-state index contributed by atoms with van der Waals surface area (Å²) in [4.78, 5) is 12.0. The van der Waals surface area contributed by atoms with Gasteiger partial charge in [0, 0.05) is 18.7 Å². The molecular formula is C14H17CuN4OS+3. The van der Waals surface area contributed by atoms with E-state index in [0.29, 0.717) is 10.8 Å². The summed E-state index contributed by atoms with van der Waals surface area (Å²) in [6, 6.07) is 7.61. The maximum absolute atomic E-state index is 9.90. The average molecular weight is 353 g/mol. The van der Waals surface area contributed by atoms with Crippen LogP contribution in [-0.2, 0) is 29.3 Å². The van der Waals surface area contributed by atoms with Crippen LogP contribution >= 0.6 is 0 Å². The molecule has 2 N–H and O–H groups in total. The van der Waals surface area contributed by atoms with Crippen molar-refractivity contribution >= 4 is 34.6 Å². The number of rotatable bonds is 1. The van der Waals surface area contributed by atoms with Gasteiger partial charge in [-0.1, -0.05) is 24.6 Å². The maximum Gasteiger partial charge on any atom is 2.00 e. The van der Waals surface area contributed by atoms with Gasteiger partial charge in [-0.25, -0.2) is 4.90 Å². The molecule has 0 aliphatic carbocycles. The topological polar surface area (TPSA) is 63.1 Å². The first-order valence-corrected chi connectivity index (χ1v) is 7.23. The third kappa shape index (κ3) is 3.49. The van der Waals surface area contributed by atoms with Crippen molar-refractivity contribution in [2.75, 3.05) is 18.4 Å². The first kappa shape index (κ1) is 16.1. The van der Waals surface area contributed by atoms with Crippen LogP contribution in [0.4, 0.5) is 5.69 Å². The molecule has 1 aromatic rings. The Bertz CT molecular complexity index is 584. The third-order valence-electron chi connectivity index (χ3n) is 3.54. The van der Waals surface area contributed by atoms with Crippen molar-refractivity contribution in [2.45, 2.75) is 19.3 Å². The Kier molecular flexibility index (Phi) is 5.47. The van der Waals surface area contributed by atoms with Crippen LogP contribution in [-0.4, -0.2) is 39.5 Å². The van der Waals surface area contributed by atoms with E-state index in [1.165, 1.54) is 6.42 Å². The van der Waals surface area contributed by atoms with E-state index < -0.39 is 0 Å². The normalized spacial score (nSPS) is 19.6. The summed E-state index contributed by atoms with van der Waals surface area (Å²) in [6.07, 6.45) is 3.59. The summed E-state index contributed by atoms with van der Waals surface area (Å²) >= 11 is 4.40. The largest absolute Gasteiger partial charge is 2.00 e. The van der Waals surface area contributed by atoms with Crippen LogP contribution in [0.15, 0.2) is 29.4 Å². The second kappa shape index (κ2) is 7.13. The molecule has 2 aliphatic rings. The van der Waals surface area contributed by atoms with Gasteiger partial charge in [-0.15, -0.1) is 0 Å². The molecule has 7 heteroatoms. The molecule has 3 rings (SSSR count). The molecule has 1 saturated heterocycles. The van der Waals surface area contributed by atoms with E-state index in [-0.39, 0.29) is 23.0 Å². The van der Waals surface area contributed by atoms with Gasteiger partial charge in [-0.2, -0.15) is 0 Å². The van der Waals surface area contributed by atoms with Crippen molar-refractivity contribution in [1.29, 1.82) is 0 Å². The first-order valence-electron chi connectivity index (χ1n) is 6.78. The molecule has 113 valence electrons. The van der Waals surface area contributed by atoms with E-state index in [1.54, 1.807) is 0 Å². The molecule has 1 radical (unpaired) electrons. The van der Waals surface area contributed by atoms with Crippen molar-refractivity contribution in [3.63, 3.8) is 0 Å². The molecule has 0 saturated carbocycles. The number of thiol groups is 1. The fourth-order valence-electron chi connectivity index (χ4n) is 2.47. The molecule has 21 heavy (non-hydrogen) atoms. The van der Waals surface area contributed by atoms with Crippen LogP contribution in [0.3, 0.4) is 0 Å². The summed E-state index contributed by atoms with van der Waals surface area (Å²) in [7, 11) is 0. The molecule has 0 unspecified atom stereocenters. The van der Waals surface area contributed by atoms with Gasteiger partial charge >= 0.3 is 23.0 Å². The average Bonchev–Trinajstić information content (AvgIpc) is 2.81. The quantitative estimate of drug-likeness (QED) is 0.269. The van der Waals surface area contributed by atoms with Gasteiger partial charge in [0.1, 0.15) is 0 Å². The monoisotopic (exact) mass is 352 g/mol. The molecule has 1 aromatic carbocycles. The number of piperidine rings is 1. The van der Waals surface area contributed by atoms with Gasteiger partial charge in [-0.3, -0.25) is 10.1 Å². The number of fused-ring (bicyclic) bond motifs is 1. The Hall–Kier alpha value is -1.27. The van der Waals surface area contributed by atoms with Gasteiger partial charge in [0.05, 0.1) is 5.69 Å². The van der Waals surface area contributed by atoms with Gasteiger partial charge in [-0.05, 0) is 18.9 Å². The Morgan fingerprint density at radius 2 is 1.95 bits per heavy atom. The molecule has 1 fully saturated rings. The van der Waals surface area contributed by atoms with E-state index in [0.717, 1.165) is 37.2 Å². The van der Waals surface area contributed by atoms with Gasteiger partial charge in [0.15, 0.2) is 23.0 Å². The standard InChI is InChI=1S/C14H16N4OS.Cu/c19-13-12(10-6-2-3-7-11(10)15-13)16-17-14(20)18-8-4-1-5-9-18;/h2-3,6-7H,1,4-5,8-9H2,(H2,15,16,17,19,20);/q;+2/p+1. The van der Waals surface area contributed by atoms with Gasteiger partial charge in [0.2, 0.25) is 0 Å². The van der Waals surface area contributed by atoms with Crippen LogP contribution < -0.4 is 5.32 Å². The summed E-state index contributed by atoms with van der Waals surface area (Å²) in [5.74, 6) is 0.0368. The number of carbonyl (C=O) groups excluding carboxylic acids is 1. The fourth-order valence-corrected chi connectivity index (χ4v) is 2.71. The minimum absolute atomic E-state index is 0. The van der Waals surface area contributed by atoms with Crippen LogP contribution in [0.1, 0.15) is 24.8 Å². The Morgan fingerprint density at radius 1 is 1.24 bits per heavy atom. The van der Waals surface area contributed by atoms with Crippen LogP contribution in [0.25, 0.3) is 5.43 Å². The van der Waals surface area contributed by atoms with E-state index >= 15 is 0 Å². The predicted octanol–water partition coefficient (Wildman–Crippen LogP) is 1.54. The van der Waals surface area contributed by atoms with Crippen LogP contribution in [0.5, 0.6) is 0 Å². The van der Waals surface area contributed by atoms with Crippen LogP contribution in [0.2, 0.25) is 0 Å². The first-order chi connectivity index (χ1) is 9.75. The second-order valence-electron chi connectivity index (χ2n) is 4.92. The molecule has 2 heterocycles. The Labute approximate surface area is 139 Å². The summed E-state index contributed by atoms with van der Waals surface area (Å²) in [5.41, 5.74) is 6.32. The number of nitrogens with zero attached hydrogens (tertiary/aromatic N) is 3. The van der Waals surface area contributed by atoms with Crippen molar-refractivity contribution < 1.29 is 21.9 Å². The number of benzene rings is 1. The summed E-state index contributed by atoms with van der Waals surface area (Å²) in [6.45, 7) is 1.94. The zero-order valence-corrected chi connectivity index (χ0v) is 13.2. The number of hydrogen-bond acceptors (Lipinski definition) is 1. The number of nitrogens with one attached hydrogen (secondary N) is 1. The number of likely N-dealkylation sites (tertiary alicyclic amines) is 1. The van der Waals surface area contributed by atoms with Crippen LogP contribution in [0, 0.1) is 0 Å². The van der Waals surface area contributed by atoms with E-state index in [1.807, 2.05) is 24.3 Å². The number of hydrogen-bond donors (Lipinski definition) is 1. The van der Waals surface area contributed by atoms with Gasteiger partial charge in [0.25, 0.3) is 0 Å². The Morgan fingerprint density at radius 3 is 2.71 bits per heavy atom. The van der Waals surface area contributed by atoms with Gasteiger partial charge < -0.3 is 10.5 Å². The number of anilines is 1. The smallest absolute Gasteiger partial charge is 0.514 e. The predicted molar refractivity (Wildman–Crippen MR) is 86.1 cm³/mol.